The van der Waals surface area contributed by atoms with Gasteiger partial charge in [0.25, 0.3) is 0 Å². The third-order valence-electron chi connectivity index (χ3n) is 1.69. The molecular formula is C9H7Cl2NS2. The van der Waals surface area contributed by atoms with E-state index in [2.05, 4.69) is 5.32 Å². The van der Waals surface area contributed by atoms with Crippen molar-refractivity contribution in [2.45, 2.75) is 6.54 Å². The Kier molecular flexibility index (Phi) is 3.34. The summed E-state index contributed by atoms with van der Waals surface area (Å²) in [6.45, 7) is 0.772. The molecule has 0 aromatic carbocycles. The molecule has 0 amide bonds. The third kappa shape index (κ3) is 2.42. The van der Waals surface area contributed by atoms with Gasteiger partial charge >= 0.3 is 0 Å². The van der Waals surface area contributed by atoms with E-state index in [9.17, 15) is 0 Å². The molecule has 5 heteroatoms. The first-order valence-corrected chi connectivity index (χ1v) is 6.47. The third-order valence-corrected chi connectivity index (χ3v) is 4.15. The van der Waals surface area contributed by atoms with E-state index in [0.717, 1.165) is 21.6 Å². The number of halogens is 2. The highest BCUT2D eigenvalue weighted by molar-refractivity contribution is 7.15. The van der Waals surface area contributed by atoms with Gasteiger partial charge in [0.15, 0.2) is 0 Å². The minimum absolute atomic E-state index is 0.772. The van der Waals surface area contributed by atoms with Crippen molar-refractivity contribution in [3.63, 3.8) is 0 Å². The van der Waals surface area contributed by atoms with Crippen LogP contribution >= 0.6 is 45.9 Å². The van der Waals surface area contributed by atoms with Crippen molar-refractivity contribution in [1.82, 2.24) is 0 Å². The zero-order valence-corrected chi connectivity index (χ0v) is 10.2. The van der Waals surface area contributed by atoms with E-state index in [1.807, 2.05) is 22.9 Å². The first-order valence-electron chi connectivity index (χ1n) is 3.95. The Labute approximate surface area is 100 Å². The maximum Gasteiger partial charge on any atom is 0.116 e. The number of hydrogen-bond acceptors (Lipinski definition) is 3. The van der Waals surface area contributed by atoms with Crippen LogP contribution in [0.5, 0.6) is 0 Å². The maximum atomic E-state index is 5.94. The van der Waals surface area contributed by atoms with Crippen LogP contribution in [0.3, 0.4) is 0 Å². The summed E-state index contributed by atoms with van der Waals surface area (Å²) in [5, 5.41) is 7.94. The normalized spacial score (nSPS) is 10.4. The zero-order chi connectivity index (χ0) is 9.97. The summed E-state index contributed by atoms with van der Waals surface area (Å²) in [6, 6.07) is 3.93. The number of hydrogen-bond donors (Lipinski definition) is 1. The van der Waals surface area contributed by atoms with Gasteiger partial charge in [-0.1, -0.05) is 23.2 Å². The van der Waals surface area contributed by atoms with Crippen molar-refractivity contribution in [3.8, 4) is 0 Å². The van der Waals surface area contributed by atoms with Crippen LogP contribution in [0.2, 0.25) is 9.36 Å². The molecule has 2 heterocycles. The van der Waals surface area contributed by atoms with Crippen LogP contribution in [-0.2, 0) is 6.54 Å². The van der Waals surface area contributed by atoms with Crippen molar-refractivity contribution in [1.29, 1.82) is 0 Å². The second-order valence-corrected chi connectivity index (χ2v) is 5.64. The Morgan fingerprint density at radius 1 is 1.29 bits per heavy atom. The molecule has 0 aliphatic rings. The van der Waals surface area contributed by atoms with E-state index in [0.29, 0.717) is 0 Å². The van der Waals surface area contributed by atoms with Gasteiger partial charge in [-0.2, -0.15) is 0 Å². The lowest BCUT2D eigenvalue weighted by Gasteiger charge is -2.01. The second kappa shape index (κ2) is 4.53. The number of thiophene rings is 2. The summed E-state index contributed by atoms with van der Waals surface area (Å²) >= 11 is 14.9. The van der Waals surface area contributed by atoms with Crippen molar-refractivity contribution in [2.75, 3.05) is 5.32 Å². The van der Waals surface area contributed by atoms with Crippen LogP contribution in [0.1, 0.15) is 4.88 Å². The first-order chi connectivity index (χ1) is 6.75. The van der Waals surface area contributed by atoms with Crippen molar-refractivity contribution >= 4 is 51.6 Å². The highest BCUT2D eigenvalue weighted by Crippen LogP contribution is 2.28. The molecule has 0 bridgehead atoms. The fraction of sp³-hybridized carbons (Fsp3) is 0.111. The molecule has 0 saturated carbocycles. The number of rotatable bonds is 3. The molecule has 0 aliphatic carbocycles. The molecule has 0 atom stereocenters. The monoisotopic (exact) mass is 263 g/mol. The molecule has 1 N–H and O–H groups in total. The fourth-order valence-electron chi connectivity index (χ4n) is 1.05. The summed E-state index contributed by atoms with van der Waals surface area (Å²) in [5.74, 6) is 0. The van der Waals surface area contributed by atoms with Crippen molar-refractivity contribution < 1.29 is 0 Å². The molecular weight excluding hydrogens is 257 g/mol. The van der Waals surface area contributed by atoms with Crippen LogP contribution < -0.4 is 5.32 Å². The summed E-state index contributed by atoms with van der Waals surface area (Å²) in [7, 11) is 0. The van der Waals surface area contributed by atoms with E-state index < -0.39 is 0 Å². The Morgan fingerprint density at radius 3 is 2.71 bits per heavy atom. The lowest BCUT2D eigenvalue weighted by atomic mass is 10.4. The van der Waals surface area contributed by atoms with Gasteiger partial charge in [0.1, 0.15) is 4.34 Å². The van der Waals surface area contributed by atoms with E-state index in [4.69, 9.17) is 23.2 Å². The summed E-state index contributed by atoms with van der Waals surface area (Å²) < 4.78 is 0.799. The van der Waals surface area contributed by atoms with E-state index in [1.165, 1.54) is 16.2 Å². The van der Waals surface area contributed by atoms with Crippen molar-refractivity contribution in [3.05, 3.63) is 37.1 Å². The first kappa shape index (κ1) is 10.3. The van der Waals surface area contributed by atoms with Gasteiger partial charge in [0, 0.05) is 16.8 Å². The maximum absolute atomic E-state index is 5.94. The average molecular weight is 264 g/mol. The Bertz CT molecular complexity index is 422. The van der Waals surface area contributed by atoms with E-state index in [1.54, 1.807) is 11.3 Å². The summed E-state index contributed by atoms with van der Waals surface area (Å²) in [5.41, 5.74) is 0.987. The zero-order valence-electron chi connectivity index (χ0n) is 7.09. The van der Waals surface area contributed by atoms with Gasteiger partial charge in [-0.3, -0.25) is 0 Å². The summed E-state index contributed by atoms with van der Waals surface area (Å²) in [4.78, 5) is 1.21. The van der Waals surface area contributed by atoms with Gasteiger partial charge in [-0.25, -0.2) is 0 Å². The molecule has 2 aromatic heterocycles. The number of anilines is 1. The van der Waals surface area contributed by atoms with Crippen LogP contribution in [0.15, 0.2) is 22.9 Å². The minimum Gasteiger partial charge on any atom is -0.378 e. The standard InChI is InChI=1S/C9H7Cl2NS2/c10-6-3-7(14-5-6)4-12-8-1-2-13-9(8)11/h1-3,5,12H,4H2. The molecule has 0 radical (unpaired) electrons. The minimum atomic E-state index is 0.772. The molecule has 0 unspecified atom stereocenters. The molecule has 14 heavy (non-hydrogen) atoms. The van der Waals surface area contributed by atoms with Gasteiger partial charge in [-0.05, 0) is 17.5 Å². The van der Waals surface area contributed by atoms with Gasteiger partial charge in [-0.15, -0.1) is 22.7 Å². The van der Waals surface area contributed by atoms with E-state index in [-0.39, 0.29) is 0 Å². The lowest BCUT2D eigenvalue weighted by Crippen LogP contribution is -1.95. The van der Waals surface area contributed by atoms with Crippen LogP contribution in [-0.4, -0.2) is 0 Å². The molecule has 0 fully saturated rings. The Hall–Kier alpha value is -0.220. The molecule has 0 saturated heterocycles. The van der Waals surface area contributed by atoms with Gasteiger partial charge < -0.3 is 5.32 Å². The average Bonchev–Trinajstić information content (AvgIpc) is 2.72. The quantitative estimate of drug-likeness (QED) is 0.845. The molecule has 0 aliphatic heterocycles. The molecule has 2 rings (SSSR count). The topological polar surface area (TPSA) is 12.0 Å². The number of nitrogens with one attached hydrogen (secondary N) is 1. The van der Waals surface area contributed by atoms with E-state index >= 15 is 0 Å². The second-order valence-electron chi connectivity index (χ2n) is 2.69. The molecule has 2 aromatic rings. The Balaban J connectivity index is 1.98. The Morgan fingerprint density at radius 2 is 2.14 bits per heavy atom. The predicted molar refractivity (Wildman–Crippen MR) is 66.0 cm³/mol. The van der Waals surface area contributed by atoms with Crippen LogP contribution in [0.4, 0.5) is 5.69 Å². The van der Waals surface area contributed by atoms with Crippen LogP contribution in [0, 0.1) is 0 Å². The fourth-order valence-corrected chi connectivity index (χ4v) is 2.94. The largest absolute Gasteiger partial charge is 0.378 e. The highest BCUT2D eigenvalue weighted by atomic mass is 35.5. The molecule has 1 nitrogen and oxygen atoms in total. The summed E-state index contributed by atoms with van der Waals surface area (Å²) in [6.07, 6.45) is 0. The van der Waals surface area contributed by atoms with Crippen LogP contribution in [0.25, 0.3) is 0 Å². The molecule has 0 spiro atoms. The lowest BCUT2D eigenvalue weighted by molar-refractivity contribution is 1.20. The van der Waals surface area contributed by atoms with Crippen molar-refractivity contribution in [2.24, 2.45) is 0 Å². The van der Waals surface area contributed by atoms with Gasteiger partial charge in [0.2, 0.25) is 0 Å². The predicted octanol–water partition coefficient (Wildman–Crippen LogP) is 4.73. The molecule has 74 valence electrons. The van der Waals surface area contributed by atoms with Gasteiger partial charge in [0.05, 0.1) is 10.7 Å². The smallest absolute Gasteiger partial charge is 0.116 e. The highest BCUT2D eigenvalue weighted by Gasteiger charge is 2.01. The SMILES string of the molecule is Clc1csc(CNc2ccsc2Cl)c1.